The van der Waals surface area contributed by atoms with E-state index in [1.807, 2.05) is 0 Å². The van der Waals surface area contributed by atoms with E-state index in [1.165, 1.54) is 24.0 Å². The van der Waals surface area contributed by atoms with Crippen LogP contribution in [-0.2, 0) is 5.41 Å². The van der Waals surface area contributed by atoms with Gasteiger partial charge in [0.2, 0.25) is 0 Å². The average molecular weight is 173 g/mol. The van der Waals surface area contributed by atoms with Crippen LogP contribution in [0, 0.1) is 6.07 Å². The van der Waals surface area contributed by atoms with Gasteiger partial charge in [0, 0.05) is 0 Å². The van der Waals surface area contributed by atoms with E-state index >= 15 is 0 Å². The lowest BCUT2D eigenvalue weighted by molar-refractivity contribution is 0.589. The summed E-state index contributed by atoms with van der Waals surface area (Å²) in [4.78, 5) is 0. The Morgan fingerprint density at radius 1 is 1.23 bits per heavy atom. The zero-order chi connectivity index (χ0) is 9.47. The molecule has 1 fully saturated rings. The standard InChI is InChI=1S/C13H17/c1-13(2,3)12-6-4-5-11(9-12)10-7-8-10/h5-6,9-10H,7-8H2,1-3H3. The molecule has 0 nitrogen and oxygen atoms in total. The van der Waals surface area contributed by atoms with Gasteiger partial charge in [0.1, 0.15) is 0 Å². The van der Waals surface area contributed by atoms with E-state index in [4.69, 9.17) is 0 Å². The SMILES string of the molecule is CC(C)(C)c1c[c]cc(C2CC2)c1. The Labute approximate surface area is 81.0 Å². The van der Waals surface area contributed by atoms with Crippen molar-refractivity contribution in [1.29, 1.82) is 0 Å². The molecule has 1 aromatic rings. The maximum absolute atomic E-state index is 3.26. The first kappa shape index (κ1) is 8.80. The summed E-state index contributed by atoms with van der Waals surface area (Å²) < 4.78 is 0. The van der Waals surface area contributed by atoms with Gasteiger partial charge in [0.25, 0.3) is 0 Å². The van der Waals surface area contributed by atoms with E-state index < -0.39 is 0 Å². The van der Waals surface area contributed by atoms with Crippen LogP contribution in [0.25, 0.3) is 0 Å². The van der Waals surface area contributed by atoms with E-state index in [9.17, 15) is 0 Å². The molecule has 0 heterocycles. The van der Waals surface area contributed by atoms with Gasteiger partial charge in [-0.15, -0.1) is 0 Å². The van der Waals surface area contributed by atoms with Crippen molar-refractivity contribution in [1.82, 2.24) is 0 Å². The van der Waals surface area contributed by atoms with Crippen LogP contribution in [0.4, 0.5) is 0 Å². The highest BCUT2D eigenvalue weighted by atomic mass is 14.3. The van der Waals surface area contributed by atoms with Crippen LogP contribution in [-0.4, -0.2) is 0 Å². The summed E-state index contributed by atoms with van der Waals surface area (Å²) in [5, 5.41) is 0. The van der Waals surface area contributed by atoms with Crippen LogP contribution >= 0.6 is 0 Å². The van der Waals surface area contributed by atoms with E-state index in [2.05, 4.69) is 45.0 Å². The lowest BCUT2D eigenvalue weighted by atomic mass is 9.86. The molecule has 1 aliphatic rings. The zero-order valence-corrected chi connectivity index (χ0v) is 8.72. The maximum atomic E-state index is 3.26. The van der Waals surface area contributed by atoms with E-state index in [0.717, 1.165) is 5.92 Å². The summed E-state index contributed by atoms with van der Waals surface area (Å²) in [5.74, 6) is 0.846. The largest absolute Gasteiger partial charge is 0.0561 e. The van der Waals surface area contributed by atoms with Crippen LogP contribution < -0.4 is 0 Å². The van der Waals surface area contributed by atoms with Gasteiger partial charge >= 0.3 is 0 Å². The number of benzene rings is 1. The molecule has 0 bridgehead atoms. The Morgan fingerprint density at radius 3 is 2.46 bits per heavy atom. The third-order valence-corrected chi connectivity index (χ3v) is 2.73. The predicted molar refractivity (Wildman–Crippen MR) is 56.0 cm³/mol. The monoisotopic (exact) mass is 173 g/mol. The number of hydrogen-bond donors (Lipinski definition) is 0. The highest BCUT2D eigenvalue weighted by molar-refractivity contribution is 5.32. The molecule has 0 saturated heterocycles. The first-order valence-electron chi connectivity index (χ1n) is 5.09. The Bertz CT molecular complexity index is 300. The molecule has 1 saturated carbocycles. The summed E-state index contributed by atoms with van der Waals surface area (Å²) in [6.07, 6.45) is 2.75. The zero-order valence-electron chi connectivity index (χ0n) is 8.72. The van der Waals surface area contributed by atoms with Crippen LogP contribution in [0.15, 0.2) is 18.2 Å². The molecule has 0 atom stereocenters. The second-order valence-electron chi connectivity index (χ2n) is 5.08. The van der Waals surface area contributed by atoms with Gasteiger partial charge < -0.3 is 0 Å². The van der Waals surface area contributed by atoms with Crippen LogP contribution in [0.3, 0.4) is 0 Å². The van der Waals surface area contributed by atoms with Crippen LogP contribution in [0.5, 0.6) is 0 Å². The van der Waals surface area contributed by atoms with Gasteiger partial charge in [0.15, 0.2) is 0 Å². The first-order chi connectivity index (χ1) is 6.07. The lowest BCUT2D eigenvalue weighted by Crippen LogP contribution is -2.11. The van der Waals surface area contributed by atoms with Crippen molar-refractivity contribution >= 4 is 0 Å². The Morgan fingerprint density at radius 2 is 1.92 bits per heavy atom. The Balaban J connectivity index is 2.32. The van der Waals surface area contributed by atoms with Gasteiger partial charge in [-0.05, 0) is 41.4 Å². The Hall–Kier alpha value is -0.780. The predicted octanol–water partition coefficient (Wildman–Crippen LogP) is 3.66. The van der Waals surface area contributed by atoms with Crippen LogP contribution in [0.1, 0.15) is 50.7 Å². The average Bonchev–Trinajstić information content (AvgIpc) is 2.85. The highest BCUT2D eigenvalue weighted by Gasteiger charge is 2.24. The van der Waals surface area contributed by atoms with E-state index in [1.54, 1.807) is 0 Å². The Kier molecular flexibility index (Phi) is 1.94. The summed E-state index contributed by atoms with van der Waals surface area (Å²) in [7, 11) is 0. The third kappa shape index (κ3) is 1.93. The van der Waals surface area contributed by atoms with Gasteiger partial charge in [-0.25, -0.2) is 0 Å². The van der Waals surface area contributed by atoms with E-state index in [-0.39, 0.29) is 5.41 Å². The summed E-state index contributed by atoms with van der Waals surface area (Å²) >= 11 is 0. The summed E-state index contributed by atoms with van der Waals surface area (Å²) in [5.41, 5.74) is 3.17. The quantitative estimate of drug-likeness (QED) is 0.608. The molecule has 1 aliphatic carbocycles. The molecular weight excluding hydrogens is 156 g/mol. The van der Waals surface area contributed by atoms with Crippen molar-refractivity contribution in [2.75, 3.05) is 0 Å². The fourth-order valence-corrected chi connectivity index (χ4v) is 1.58. The third-order valence-electron chi connectivity index (χ3n) is 2.73. The van der Waals surface area contributed by atoms with Crippen molar-refractivity contribution in [3.8, 4) is 0 Å². The molecule has 0 unspecified atom stereocenters. The summed E-state index contributed by atoms with van der Waals surface area (Å²) in [6.45, 7) is 6.77. The number of hydrogen-bond acceptors (Lipinski definition) is 0. The molecule has 2 rings (SSSR count). The minimum absolute atomic E-state index is 0.265. The van der Waals surface area contributed by atoms with Crippen molar-refractivity contribution < 1.29 is 0 Å². The van der Waals surface area contributed by atoms with Gasteiger partial charge in [0.05, 0.1) is 0 Å². The van der Waals surface area contributed by atoms with Crippen molar-refractivity contribution in [2.45, 2.75) is 44.9 Å². The van der Waals surface area contributed by atoms with Crippen LogP contribution in [0.2, 0.25) is 0 Å². The second-order valence-corrected chi connectivity index (χ2v) is 5.08. The van der Waals surface area contributed by atoms with Crippen molar-refractivity contribution in [2.24, 2.45) is 0 Å². The van der Waals surface area contributed by atoms with Gasteiger partial charge in [-0.1, -0.05) is 39.0 Å². The minimum atomic E-state index is 0.265. The topological polar surface area (TPSA) is 0 Å². The smallest absolute Gasteiger partial charge is 0.0132 e. The molecule has 0 heteroatoms. The summed E-state index contributed by atoms with van der Waals surface area (Å²) in [6, 6.07) is 9.88. The maximum Gasteiger partial charge on any atom is -0.0132 e. The lowest BCUT2D eigenvalue weighted by Gasteiger charge is -2.19. The van der Waals surface area contributed by atoms with E-state index in [0.29, 0.717) is 0 Å². The van der Waals surface area contributed by atoms with Gasteiger partial charge in [-0.3, -0.25) is 0 Å². The molecule has 13 heavy (non-hydrogen) atoms. The number of rotatable bonds is 1. The second kappa shape index (κ2) is 2.87. The van der Waals surface area contributed by atoms with Gasteiger partial charge in [-0.2, -0.15) is 0 Å². The molecule has 1 aromatic carbocycles. The molecule has 0 aromatic heterocycles. The van der Waals surface area contributed by atoms with Crippen molar-refractivity contribution in [3.63, 3.8) is 0 Å². The molecule has 0 N–H and O–H groups in total. The van der Waals surface area contributed by atoms with Crippen molar-refractivity contribution in [3.05, 3.63) is 35.4 Å². The molecular formula is C13H17. The molecule has 0 aliphatic heterocycles. The molecule has 69 valence electrons. The highest BCUT2D eigenvalue weighted by Crippen LogP contribution is 2.40. The fourth-order valence-electron chi connectivity index (χ4n) is 1.58. The normalized spacial score (nSPS) is 17.5. The molecule has 0 amide bonds. The molecule has 0 spiro atoms. The minimum Gasteiger partial charge on any atom is -0.0561 e. The molecule has 1 radical (unpaired) electrons. The fraction of sp³-hybridized carbons (Fsp3) is 0.538. The first-order valence-corrected chi connectivity index (χ1v) is 5.09.